The number of halogens is 1. The van der Waals surface area contributed by atoms with Gasteiger partial charge in [0.2, 0.25) is 5.91 Å². The van der Waals surface area contributed by atoms with Crippen LogP contribution in [-0.4, -0.2) is 23.5 Å². The normalized spacial score (nSPS) is 12.1. The first kappa shape index (κ1) is 16.6. The maximum absolute atomic E-state index is 12.9. The van der Waals surface area contributed by atoms with Gasteiger partial charge >= 0.3 is 0 Å². The molecule has 1 aromatic carbocycles. The number of benzene rings is 1. The van der Waals surface area contributed by atoms with Crippen LogP contribution in [0.5, 0.6) is 0 Å². The van der Waals surface area contributed by atoms with Gasteiger partial charge < -0.3 is 11.1 Å². The predicted octanol–water partition coefficient (Wildman–Crippen LogP) is 2.27. The quantitative estimate of drug-likeness (QED) is 0.822. The summed E-state index contributed by atoms with van der Waals surface area (Å²) in [5, 5.41) is 5.65. The van der Waals surface area contributed by atoms with E-state index in [1.54, 1.807) is 12.1 Å². The molecular formula is C16H20FN3OS. The maximum atomic E-state index is 12.9. The summed E-state index contributed by atoms with van der Waals surface area (Å²) in [4.78, 5) is 16.2. The molecule has 0 saturated heterocycles. The number of hydrogen-bond acceptors (Lipinski definition) is 4. The Balaban J connectivity index is 1.83. The Bertz CT molecular complexity index is 610. The zero-order valence-electron chi connectivity index (χ0n) is 12.5. The number of amides is 1. The van der Waals surface area contributed by atoms with Gasteiger partial charge in [-0.05, 0) is 31.0 Å². The fourth-order valence-corrected chi connectivity index (χ4v) is 2.78. The largest absolute Gasteiger partial charge is 0.356 e. The minimum atomic E-state index is -0.243. The number of rotatable bonds is 7. The molecule has 6 heteroatoms. The van der Waals surface area contributed by atoms with Crippen molar-refractivity contribution in [2.75, 3.05) is 6.54 Å². The SMILES string of the molecule is CC(N)CCNC(=O)Cc1csc(Cc2ccc(F)cc2)n1. The van der Waals surface area contributed by atoms with Crippen molar-refractivity contribution in [2.45, 2.75) is 32.2 Å². The molecule has 2 rings (SSSR count). The highest BCUT2D eigenvalue weighted by Crippen LogP contribution is 2.15. The molecule has 0 bridgehead atoms. The molecule has 1 aromatic heterocycles. The topological polar surface area (TPSA) is 68.0 Å². The molecule has 0 aliphatic heterocycles. The lowest BCUT2D eigenvalue weighted by Crippen LogP contribution is -2.30. The molecule has 4 nitrogen and oxygen atoms in total. The van der Waals surface area contributed by atoms with Crippen molar-refractivity contribution >= 4 is 17.2 Å². The minimum Gasteiger partial charge on any atom is -0.356 e. The maximum Gasteiger partial charge on any atom is 0.226 e. The summed E-state index contributed by atoms with van der Waals surface area (Å²) in [6.45, 7) is 2.50. The number of nitrogens with two attached hydrogens (primary N) is 1. The van der Waals surface area contributed by atoms with Gasteiger partial charge in [-0.25, -0.2) is 9.37 Å². The zero-order valence-corrected chi connectivity index (χ0v) is 13.3. The Hall–Kier alpha value is -1.79. The van der Waals surface area contributed by atoms with E-state index in [2.05, 4.69) is 10.3 Å². The van der Waals surface area contributed by atoms with Crippen LogP contribution < -0.4 is 11.1 Å². The van der Waals surface area contributed by atoms with Gasteiger partial charge in [0.25, 0.3) is 0 Å². The molecule has 1 amide bonds. The average Bonchev–Trinajstić information content (AvgIpc) is 2.88. The van der Waals surface area contributed by atoms with E-state index in [9.17, 15) is 9.18 Å². The summed E-state index contributed by atoms with van der Waals surface area (Å²) in [5.74, 6) is -0.286. The summed E-state index contributed by atoms with van der Waals surface area (Å²) >= 11 is 1.51. The third-order valence-corrected chi connectivity index (χ3v) is 4.03. The first-order valence-corrected chi connectivity index (χ1v) is 8.11. The summed E-state index contributed by atoms with van der Waals surface area (Å²) < 4.78 is 12.9. The fraction of sp³-hybridized carbons (Fsp3) is 0.375. The molecule has 118 valence electrons. The minimum absolute atomic E-state index is 0.0423. The molecule has 1 heterocycles. The van der Waals surface area contributed by atoms with Gasteiger partial charge in [-0.2, -0.15) is 0 Å². The lowest BCUT2D eigenvalue weighted by molar-refractivity contribution is -0.120. The van der Waals surface area contributed by atoms with E-state index in [-0.39, 0.29) is 24.2 Å². The molecule has 0 radical (unpaired) electrons. The molecule has 22 heavy (non-hydrogen) atoms. The number of nitrogens with zero attached hydrogens (tertiary/aromatic N) is 1. The lowest BCUT2D eigenvalue weighted by Gasteiger charge is -2.06. The van der Waals surface area contributed by atoms with E-state index in [0.29, 0.717) is 13.0 Å². The monoisotopic (exact) mass is 321 g/mol. The Morgan fingerprint density at radius 2 is 2.14 bits per heavy atom. The number of carbonyl (C=O) groups is 1. The van der Waals surface area contributed by atoms with Crippen molar-refractivity contribution in [1.29, 1.82) is 0 Å². The third-order valence-electron chi connectivity index (χ3n) is 3.13. The van der Waals surface area contributed by atoms with Gasteiger partial charge in [0.05, 0.1) is 17.1 Å². The van der Waals surface area contributed by atoms with Crippen LogP contribution in [0.25, 0.3) is 0 Å². The molecule has 0 spiro atoms. The average molecular weight is 321 g/mol. The molecule has 1 unspecified atom stereocenters. The van der Waals surface area contributed by atoms with Crippen molar-refractivity contribution in [3.8, 4) is 0 Å². The van der Waals surface area contributed by atoms with E-state index in [0.717, 1.165) is 22.7 Å². The van der Waals surface area contributed by atoms with E-state index in [4.69, 9.17) is 5.73 Å². The number of aromatic nitrogens is 1. The van der Waals surface area contributed by atoms with E-state index < -0.39 is 0 Å². The highest BCUT2D eigenvalue weighted by Gasteiger charge is 2.08. The van der Waals surface area contributed by atoms with Crippen LogP contribution in [0, 0.1) is 5.82 Å². The predicted molar refractivity (Wildman–Crippen MR) is 86.3 cm³/mol. The van der Waals surface area contributed by atoms with Gasteiger partial charge in [0, 0.05) is 24.4 Å². The molecule has 0 saturated carbocycles. The summed E-state index contributed by atoms with van der Waals surface area (Å²) in [6, 6.07) is 6.46. The Kier molecular flexibility index (Phi) is 6.03. The number of thiazole rings is 1. The fourth-order valence-electron chi connectivity index (χ4n) is 1.95. The van der Waals surface area contributed by atoms with Gasteiger partial charge in [0.15, 0.2) is 0 Å². The van der Waals surface area contributed by atoms with Crippen molar-refractivity contribution in [2.24, 2.45) is 5.73 Å². The van der Waals surface area contributed by atoms with Gasteiger partial charge in [-0.3, -0.25) is 4.79 Å². The highest BCUT2D eigenvalue weighted by atomic mass is 32.1. The lowest BCUT2D eigenvalue weighted by atomic mass is 10.1. The summed E-state index contributed by atoms with van der Waals surface area (Å²) in [5.41, 5.74) is 7.40. The third kappa shape index (κ3) is 5.54. The van der Waals surface area contributed by atoms with Crippen molar-refractivity contribution in [3.63, 3.8) is 0 Å². The van der Waals surface area contributed by atoms with Crippen LogP contribution in [0.4, 0.5) is 4.39 Å². The van der Waals surface area contributed by atoms with Crippen LogP contribution >= 0.6 is 11.3 Å². The number of hydrogen-bond donors (Lipinski definition) is 2. The first-order chi connectivity index (χ1) is 10.5. The summed E-state index contributed by atoms with van der Waals surface area (Å²) in [7, 11) is 0. The highest BCUT2D eigenvalue weighted by molar-refractivity contribution is 7.09. The second-order valence-electron chi connectivity index (χ2n) is 5.33. The summed E-state index contributed by atoms with van der Waals surface area (Å²) in [6.07, 6.45) is 1.69. The van der Waals surface area contributed by atoms with Crippen molar-refractivity contribution in [3.05, 3.63) is 51.7 Å². The van der Waals surface area contributed by atoms with E-state index in [1.165, 1.54) is 23.5 Å². The zero-order chi connectivity index (χ0) is 15.9. The Morgan fingerprint density at radius 1 is 1.41 bits per heavy atom. The molecular weight excluding hydrogens is 301 g/mol. The molecule has 0 aliphatic rings. The number of carbonyl (C=O) groups excluding carboxylic acids is 1. The Morgan fingerprint density at radius 3 is 2.82 bits per heavy atom. The van der Waals surface area contributed by atoms with Crippen LogP contribution in [0.3, 0.4) is 0 Å². The first-order valence-electron chi connectivity index (χ1n) is 7.23. The second kappa shape index (κ2) is 8.00. The van der Waals surface area contributed by atoms with Crippen LogP contribution in [0.2, 0.25) is 0 Å². The van der Waals surface area contributed by atoms with Crippen LogP contribution in [0.15, 0.2) is 29.6 Å². The van der Waals surface area contributed by atoms with Crippen molar-refractivity contribution < 1.29 is 9.18 Å². The Labute approximate surface area is 133 Å². The van der Waals surface area contributed by atoms with Gasteiger partial charge in [0.1, 0.15) is 5.82 Å². The van der Waals surface area contributed by atoms with Crippen LogP contribution in [0.1, 0.15) is 29.6 Å². The van der Waals surface area contributed by atoms with Crippen LogP contribution in [-0.2, 0) is 17.6 Å². The number of nitrogens with one attached hydrogen (secondary N) is 1. The molecule has 2 aromatic rings. The van der Waals surface area contributed by atoms with Gasteiger partial charge in [-0.15, -0.1) is 11.3 Å². The molecule has 0 fully saturated rings. The van der Waals surface area contributed by atoms with E-state index >= 15 is 0 Å². The molecule has 3 N–H and O–H groups in total. The smallest absolute Gasteiger partial charge is 0.226 e. The molecule has 0 aliphatic carbocycles. The second-order valence-corrected chi connectivity index (χ2v) is 6.27. The van der Waals surface area contributed by atoms with E-state index in [1.807, 2.05) is 12.3 Å². The molecule has 1 atom stereocenters. The van der Waals surface area contributed by atoms with Gasteiger partial charge in [-0.1, -0.05) is 12.1 Å². The standard InChI is InChI=1S/C16H20FN3OS/c1-11(18)6-7-19-15(21)9-14-10-22-16(20-14)8-12-2-4-13(17)5-3-12/h2-5,10-11H,6-9,18H2,1H3,(H,19,21). The van der Waals surface area contributed by atoms with Crippen molar-refractivity contribution in [1.82, 2.24) is 10.3 Å².